The number of aromatic nitrogens is 1. The standard InChI is InChI=1S/C36H46N6O10S/c1-21(2)28(39-33(46)51-34(3,4)5)31(44)42-20-25(50-30-26-11-10-24(49-7)17-22(26)12-16-38-30)18-27(42)29(43)40-36(19-23(36)9-8-15-37)32(45)41-53(47,48)52-35(6)13-14-35/h10-12,16-17,23,25,27-28H,1,8-9,13-14,18-20H2,2-7H3,(H,39,46)(H,40,43)(H,41,45)/t23-,25-,27+,28+,36-/m1/s1. The van der Waals surface area contributed by atoms with Crippen molar-refractivity contribution in [2.45, 2.75) is 108 Å². The Kier molecular flexibility index (Phi) is 11.0. The van der Waals surface area contributed by atoms with Gasteiger partial charge in [0, 0.05) is 24.4 Å². The number of methoxy groups -OCH3 is 1. The molecular formula is C36H46N6O10S. The van der Waals surface area contributed by atoms with Crippen molar-refractivity contribution in [2.75, 3.05) is 13.7 Å². The molecule has 1 aliphatic heterocycles. The van der Waals surface area contributed by atoms with E-state index in [1.807, 2.05) is 16.9 Å². The van der Waals surface area contributed by atoms with Crippen LogP contribution in [0.5, 0.6) is 11.6 Å². The van der Waals surface area contributed by atoms with E-state index in [1.165, 1.54) is 4.90 Å². The third-order valence-corrected chi connectivity index (χ3v) is 10.5. The van der Waals surface area contributed by atoms with E-state index in [2.05, 4.69) is 22.2 Å². The second-order valence-electron chi connectivity index (χ2n) is 15.1. The quantitative estimate of drug-likeness (QED) is 0.237. The molecule has 1 saturated heterocycles. The topological polar surface area (TPSA) is 215 Å². The molecule has 1 aromatic carbocycles. The van der Waals surface area contributed by atoms with Gasteiger partial charge < -0.3 is 29.7 Å². The number of alkyl carbamates (subject to hydrolysis) is 1. The van der Waals surface area contributed by atoms with Crippen LogP contribution >= 0.6 is 0 Å². The molecule has 4 amide bonds. The number of nitrogens with zero attached hydrogens (tertiary/aromatic N) is 3. The lowest BCUT2D eigenvalue weighted by molar-refractivity contribution is -0.140. The number of hydrogen-bond acceptors (Lipinski definition) is 12. The fourth-order valence-electron chi connectivity index (χ4n) is 6.33. The smallest absolute Gasteiger partial charge is 0.408 e. The van der Waals surface area contributed by atoms with Gasteiger partial charge in [0.2, 0.25) is 17.7 Å². The minimum atomic E-state index is -4.53. The number of hydrogen-bond donors (Lipinski definition) is 3. The Hall–Kier alpha value is -4.95. The van der Waals surface area contributed by atoms with E-state index in [9.17, 15) is 32.9 Å². The number of nitrogens with one attached hydrogen (secondary N) is 3. The van der Waals surface area contributed by atoms with Crippen LogP contribution in [0.4, 0.5) is 4.79 Å². The van der Waals surface area contributed by atoms with Gasteiger partial charge in [0.1, 0.15) is 35.1 Å². The molecule has 3 N–H and O–H groups in total. The van der Waals surface area contributed by atoms with Crippen LogP contribution in [0, 0.1) is 17.2 Å². The van der Waals surface area contributed by atoms with Gasteiger partial charge in [0.25, 0.3) is 5.91 Å². The first-order valence-corrected chi connectivity index (χ1v) is 18.7. The molecule has 2 saturated carbocycles. The molecule has 1 aromatic heterocycles. The van der Waals surface area contributed by atoms with Gasteiger partial charge in [-0.05, 0) is 101 Å². The molecule has 0 radical (unpaired) electrons. The van der Waals surface area contributed by atoms with Crippen LogP contribution in [0.15, 0.2) is 42.6 Å². The average molecular weight is 755 g/mol. The predicted molar refractivity (Wildman–Crippen MR) is 190 cm³/mol. The number of ether oxygens (including phenoxy) is 3. The molecule has 0 unspecified atom stereocenters. The van der Waals surface area contributed by atoms with Crippen LogP contribution in [-0.2, 0) is 33.6 Å². The Morgan fingerprint density at radius 3 is 2.53 bits per heavy atom. The molecule has 0 bridgehead atoms. The molecule has 3 fully saturated rings. The van der Waals surface area contributed by atoms with E-state index in [4.69, 9.17) is 18.4 Å². The highest BCUT2D eigenvalue weighted by atomic mass is 32.2. The minimum absolute atomic E-state index is 0.0532. The van der Waals surface area contributed by atoms with Crippen molar-refractivity contribution in [3.8, 4) is 17.7 Å². The van der Waals surface area contributed by atoms with Gasteiger partial charge in [-0.1, -0.05) is 6.58 Å². The molecule has 2 heterocycles. The molecule has 286 valence electrons. The van der Waals surface area contributed by atoms with Crippen molar-refractivity contribution in [3.05, 3.63) is 42.6 Å². The highest BCUT2D eigenvalue weighted by Gasteiger charge is 2.62. The summed E-state index contributed by atoms with van der Waals surface area (Å²) in [6.07, 6.45) is 1.16. The number of pyridine rings is 1. The van der Waals surface area contributed by atoms with Crippen LogP contribution in [0.2, 0.25) is 0 Å². The Balaban J connectivity index is 1.43. The zero-order valence-corrected chi connectivity index (χ0v) is 31.5. The summed E-state index contributed by atoms with van der Waals surface area (Å²) >= 11 is 0. The van der Waals surface area contributed by atoms with Gasteiger partial charge in [0.15, 0.2) is 0 Å². The van der Waals surface area contributed by atoms with Crippen molar-refractivity contribution in [3.63, 3.8) is 0 Å². The van der Waals surface area contributed by atoms with Crippen LogP contribution in [0.3, 0.4) is 0 Å². The number of carbonyl (C=O) groups excluding carboxylic acids is 4. The van der Waals surface area contributed by atoms with Gasteiger partial charge in [-0.3, -0.25) is 14.4 Å². The van der Waals surface area contributed by atoms with Crippen LogP contribution in [-0.4, -0.2) is 90.7 Å². The van der Waals surface area contributed by atoms with Crippen molar-refractivity contribution in [2.24, 2.45) is 5.92 Å². The monoisotopic (exact) mass is 754 g/mol. The number of rotatable bonds is 14. The Morgan fingerprint density at radius 1 is 1.19 bits per heavy atom. The van der Waals surface area contributed by atoms with Crippen LogP contribution in [0.1, 0.15) is 73.1 Å². The largest absolute Gasteiger partial charge is 0.497 e. The number of benzene rings is 1. The molecule has 53 heavy (non-hydrogen) atoms. The molecule has 3 aliphatic rings. The Labute approximate surface area is 308 Å². The zero-order valence-electron chi connectivity index (χ0n) is 30.7. The van der Waals surface area contributed by atoms with Crippen LogP contribution in [0.25, 0.3) is 10.8 Å². The maximum absolute atomic E-state index is 14.3. The summed E-state index contributed by atoms with van der Waals surface area (Å²) in [6.45, 7) is 11.9. The fourth-order valence-corrected chi connectivity index (χ4v) is 7.47. The lowest BCUT2D eigenvalue weighted by Gasteiger charge is -2.30. The summed E-state index contributed by atoms with van der Waals surface area (Å²) in [6, 6.07) is 6.58. The van der Waals surface area contributed by atoms with E-state index >= 15 is 0 Å². The summed E-state index contributed by atoms with van der Waals surface area (Å²) in [7, 11) is -2.98. The highest BCUT2D eigenvalue weighted by molar-refractivity contribution is 7.85. The van der Waals surface area contributed by atoms with E-state index in [0.29, 0.717) is 24.0 Å². The zero-order chi connectivity index (χ0) is 38.9. The van der Waals surface area contributed by atoms with Gasteiger partial charge in [-0.15, -0.1) is 0 Å². The molecule has 2 aliphatic carbocycles. The average Bonchev–Trinajstić information content (AvgIpc) is 3.92. The van der Waals surface area contributed by atoms with Gasteiger partial charge >= 0.3 is 16.4 Å². The van der Waals surface area contributed by atoms with E-state index in [0.717, 1.165) is 5.39 Å². The first kappa shape index (κ1) is 39.3. The minimum Gasteiger partial charge on any atom is -0.497 e. The van der Waals surface area contributed by atoms with Crippen molar-refractivity contribution < 1.29 is 46.0 Å². The SMILES string of the molecule is C=C(C)[C@H](NC(=O)OC(C)(C)C)C(=O)N1C[C@H](Oc2nccc3cc(OC)ccc23)C[C@H]1C(=O)N[C@]1(C(=O)NS(=O)(=O)OC2(C)CC2)C[C@H]1CCC#N. The third-order valence-electron chi connectivity index (χ3n) is 9.41. The molecule has 0 spiro atoms. The molecule has 5 atom stereocenters. The first-order chi connectivity index (χ1) is 24.8. The van der Waals surface area contributed by atoms with Gasteiger partial charge in [-0.25, -0.2) is 18.7 Å². The summed E-state index contributed by atoms with van der Waals surface area (Å²) in [4.78, 5) is 60.6. The second kappa shape index (κ2) is 14.8. The number of carbonyl (C=O) groups is 4. The van der Waals surface area contributed by atoms with Crippen molar-refractivity contribution in [1.82, 2.24) is 25.2 Å². The molecule has 17 heteroatoms. The predicted octanol–water partition coefficient (Wildman–Crippen LogP) is 3.17. The maximum atomic E-state index is 14.3. The van der Waals surface area contributed by atoms with Crippen molar-refractivity contribution >= 4 is 44.9 Å². The number of likely N-dealkylation sites (tertiary alicyclic amines) is 1. The number of amides is 4. The molecule has 2 aromatic rings. The van der Waals surface area contributed by atoms with E-state index in [-0.39, 0.29) is 43.7 Å². The number of nitriles is 1. The maximum Gasteiger partial charge on any atom is 0.408 e. The number of fused-ring (bicyclic) bond motifs is 1. The summed E-state index contributed by atoms with van der Waals surface area (Å²) < 4.78 is 49.7. The fraction of sp³-hybridized carbons (Fsp3) is 0.556. The Bertz CT molecular complexity index is 1950. The van der Waals surface area contributed by atoms with Gasteiger partial charge in [-0.2, -0.15) is 13.7 Å². The van der Waals surface area contributed by atoms with Crippen LogP contribution < -0.4 is 24.8 Å². The molecular weight excluding hydrogens is 708 g/mol. The molecule has 16 nitrogen and oxygen atoms in total. The lowest BCUT2D eigenvalue weighted by atomic mass is 10.1. The van der Waals surface area contributed by atoms with Gasteiger partial charge in [0.05, 0.1) is 25.3 Å². The summed E-state index contributed by atoms with van der Waals surface area (Å²) in [5.74, 6) is -2.16. The van der Waals surface area contributed by atoms with E-state index < -0.39 is 75.0 Å². The highest BCUT2D eigenvalue weighted by Crippen LogP contribution is 2.48. The Morgan fingerprint density at radius 2 is 1.91 bits per heavy atom. The normalized spacial score (nSPS) is 23.6. The third kappa shape index (κ3) is 9.35. The van der Waals surface area contributed by atoms with Crippen molar-refractivity contribution in [1.29, 1.82) is 5.26 Å². The summed E-state index contributed by atoms with van der Waals surface area (Å²) in [5.41, 5.74) is -3.21. The first-order valence-electron chi connectivity index (χ1n) is 17.3. The second-order valence-corrected chi connectivity index (χ2v) is 16.4. The molecule has 5 rings (SSSR count). The van der Waals surface area contributed by atoms with E-state index in [1.54, 1.807) is 66.1 Å². The summed E-state index contributed by atoms with van der Waals surface area (Å²) in [5, 5.41) is 15.9. The lowest BCUT2D eigenvalue weighted by Crippen LogP contribution is -2.58.